The Balaban J connectivity index is 1.32. The number of unbranched alkanes of at least 4 members (excludes halogenated alkanes) is 2. The molecule has 4 nitrogen and oxygen atoms in total. The quantitative estimate of drug-likeness (QED) is 0.363. The fraction of sp³-hybridized carbons (Fsp3) is 0.217. The highest BCUT2D eigenvalue weighted by molar-refractivity contribution is 6.30. The third kappa shape index (κ3) is 5.57. The van der Waals surface area contributed by atoms with Gasteiger partial charge >= 0.3 is 11.9 Å². The lowest BCUT2D eigenvalue weighted by molar-refractivity contribution is 0.0478. The van der Waals surface area contributed by atoms with Crippen LogP contribution in [0.5, 0.6) is 0 Å². The molecule has 0 aliphatic carbocycles. The van der Waals surface area contributed by atoms with E-state index in [1.165, 1.54) is 0 Å². The number of halogens is 1. The molecule has 0 aromatic heterocycles. The van der Waals surface area contributed by atoms with E-state index in [2.05, 4.69) is 0 Å². The SMILES string of the molecule is O=C(OCCCCCOC(=O)c1ccc2ccccc2c1)c1ccc(Cl)cc1. The molecule has 0 bridgehead atoms. The molecule has 144 valence electrons. The molecule has 0 saturated carbocycles. The third-order valence-corrected chi connectivity index (χ3v) is 4.57. The molecule has 3 aromatic carbocycles. The van der Waals surface area contributed by atoms with Crippen LogP contribution in [0.1, 0.15) is 40.0 Å². The summed E-state index contributed by atoms with van der Waals surface area (Å²) in [6, 6.07) is 20.0. The van der Waals surface area contributed by atoms with Crippen LogP contribution in [0, 0.1) is 0 Å². The fourth-order valence-corrected chi connectivity index (χ4v) is 2.91. The lowest BCUT2D eigenvalue weighted by atomic mass is 10.1. The summed E-state index contributed by atoms with van der Waals surface area (Å²) < 4.78 is 10.5. The zero-order valence-corrected chi connectivity index (χ0v) is 16.2. The first kappa shape index (κ1) is 19.9. The zero-order chi connectivity index (χ0) is 19.8. The first-order valence-electron chi connectivity index (χ1n) is 9.22. The number of carbonyl (C=O) groups excluding carboxylic acids is 2. The van der Waals surface area contributed by atoms with Gasteiger partial charge in [0.05, 0.1) is 24.3 Å². The van der Waals surface area contributed by atoms with E-state index in [9.17, 15) is 9.59 Å². The highest BCUT2D eigenvalue weighted by Gasteiger charge is 2.08. The molecule has 0 heterocycles. The van der Waals surface area contributed by atoms with Gasteiger partial charge in [0.25, 0.3) is 0 Å². The van der Waals surface area contributed by atoms with Gasteiger partial charge in [-0.3, -0.25) is 0 Å². The summed E-state index contributed by atoms with van der Waals surface area (Å²) in [6.07, 6.45) is 2.24. The first-order valence-corrected chi connectivity index (χ1v) is 9.60. The van der Waals surface area contributed by atoms with Crippen LogP contribution >= 0.6 is 11.6 Å². The molecular weight excluding hydrogens is 376 g/mol. The monoisotopic (exact) mass is 396 g/mol. The summed E-state index contributed by atoms with van der Waals surface area (Å²) in [4.78, 5) is 24.0. The van der Waals surface area contributed by atoms with Crippen molar-refractivity contribution in [2.45, 2.75) is 19.3 Å². The fourth-order valence-electron chi connectivity index (χ4n) is 2.78. The van der Waals surface area contributed by atoms with E-state index in [0.717, 1.165) is 23.6 Å². The van der Waals surface area contributed by atoms with Gasteiger partial charge in [0.1, 0.15) is 0 Å². The Morgan fingerprint density at radius 1 is 0.679 bits per heavy atom. The summed E-state index contributed by atoms with van der Waals surface area (Å²) >= 11 is 5.79. The van der Waals surface area contributed by atoms with Crippen LogP contribution in [-0.2, 0) is 9.47 Å². The van der Waals surface area contributed by atoms with Crippen LogP contribution in [0.3, 0.4) is 0 Å². The van der Waals surface area contributed by atoms with E-state index in [1.807, 2.05) is 36.4 Å². The van der Waals surface area contributed by atoms with E-state index in [0.29, 0.717) is 35.8 Å². The van der Waals surface area contributed by atoms with E-state index < -0.39 is 0 Å². The number of ether oxygens (including phenoxy) is 2. The van der Waals surface area contributed by atoms with Gasteiger partial charge in [0.2, 0.25) is 0 Å². The Kier molecular flexibility index (Phi) is 7.04. The normalized spacial score (nSPS) is 10.6. The van der Waals surface area contributed by atoms with Gasteiger partial charge in [-0.1, -0.05) is 41.9 Å². The van der Waals surface area contributed by atoms with Gasteiger partial charge in [-0.05, 0) is 66.4 Å². The second-order valence-electron chi connectivity index (χ2n) is 6.40. The maximum atomic E-state index is 12.1. The molecule has 0 unspecified atom stereocenters. The molecule has 0 spiro atoms. The first-order chi connectivity index (χ1) is 13.6. The predicted molar refractivity (Wildman–Crippen MR) is 110 cm³/mol. The van der Waals surface area contributed by atoms with Crippen LogP contribution in [0.2, 0.25) is 5.02 Å². The number of carbonyl (C=O) groups is 2. The van der Waals surface area contributed by atoms with Crippen LogP contribution in [0.25, 0.3) is 10.8 Å². The van der Waals surface area contributed by atoms with Crippen LogP contribution < -0.4 is 0 Å². The standard InChI is InChI=1S/C23H21ClO4/c24-21-12-10-18(11-13-21)22(25)27-14-4-1-5-15-28-23(26)20-9-8-17-6-2-3-7-19(17)16-20/h2-3,6-13,16H,1,4-5,14-15H2. The molecule has 3 aromatic rings. The van der Waals surface area contributed by atoms with Gasteiger partial charge in [0, 0.05) is 5.02 Å². The minimum absolute atomic E-state index is 0.320. The van der Waals surface area contributed by atoms with Crippen molar-refractivity contribution in [3.63, 3.8) is 0 Å². The molecule has 0 radical (unpaired) electrons. The molecule has 3 rings (SSSR count). The average Bonchev–Trinajstić information content (AvgIpc) is 2.72. The van der Waals surface area contributed by atoms with Crippen molar-refractivity contribution < 1.29 is 19.1 Å². The zero-order valence-electron chi connectivity index (χ0n) is 15.4. The molecule has 0 aliphatic rings. The van der Waals surface area contributed by atoms with Crippen molar-refractivity contribution >= 4 is 34.3 Å². The van der Waals surface area contributed by atoms with Crippen molar-refractivity contribution in [1.29, 1.82) is 0 Å². The van der Waals surface area contributed by atoms with E-state index in [1.54, 1.807) is 30.3 Å². The third-order valence-electron chi connectivity index (χ3n) is 4.32. The molecule has 5 heteroatoms. The molecule has 0 fully saturated rings. The molecule has 0 saturated heterocycles. The van der Waals surface area contributed by atoms with E-state index in [4.69, 9.17) is 21.1 Å². The lowest BCUT2D eigenvalue weighted by Gasteiger charge is -2.07. The molecule has 0 atom stereocenters. The summed E-state index contributed by atoms with van der Waals surface area (Å²) in [5.41, 5.74) is 1.03. The summed E-state index contributed by atoms with van der Waals surface area (Å²) in [5.74, 6) is -0.681. The Bertz CT molecular complexity index is 950. The highest BCUT2D eigenvalue weighted by atomic mass is 35.5. The molecule has 0 aliphatic heterocycles. The van der Waals surface area contributed by atoms with Crippen molar-refractivity contribution in [2.24, 2.45) is 0 Å². The predicted octanol–water partition coefficient (Wildman–Crippen LogP) is 5.68. The van der Waals surface area contributed by atoms with Gasteiger partial charge in [-0.2, -0.15) is 0 Å². The van der Waals surface area contributed by atoms with Gasteiger partial charge in [-0.25, -0.2) is 9.59 Å². The largest absolute Gasteiger partial charge is 0.462 e. The minimum atomic E-state index is -0.362. The lowest BCUT2D eigenvalue weighted by Crippen LogP contribution is -2.08. The topological polar surface area (TPSA) is 52.6 Å². The number of fused-ring (bicyclic) bond motifs is 1. The smallest absolute Gasteiger partial charge is 0.338 e. The Morgan fingerprint density at radius 2 is 1.25 bits per heavy atom. The molecule has 0 N–H and O–H groups in total. The summed E-state index contributed by atoms with van der Waals surface area (Å²) in [6.45, 7) is 0.677. The van der Waals surface area contributed by atoms with E-state index >= 15 is 0 Å². The maximum Gasteiger partial charge on any atom is 0.338 e. The maximum absolute atomic E-state index is 12.1. The summed E-state index contributed by atoms with van der Waals surface area (Å²) in [5, 5.41) is 2.68. The molecule has 0 amide bonds. The van der Waals surface area contributed by atoms with Crippen molar-refractivity contribution in [3.8, 4) is 0 Å². The average molecular weight is 397 g/mol. The van der Waals surface area contributed by atoms with Crippen LogP contribution in [-0.4, -0.2) is 25.2 Å². The second-order valence-corrected chi connectivity index (χ2v) is 6.84. The Hall–Kier alpha value is -2.85. The number of hydrogen-bond acceptors (Lipinski definition) is 4. The van der Waals surface area contributed by atoms with Gasteiger partial charge in [-0.15, -0.1) is 0 Å². The number of hydrogen-bond donors (Lipinski definition) is 0. The van der Waals surface area contributed by atoms with Crippen molar-refractivity contribution in [3.05, 3.63) is 82.9 Å². The number of rotatable bonds is 8. The number of benzene rings is 3. The Labute approximate surface area is 169 Å². The molecule has 28 heavy (non-hydrogen) atoms. The summed E-state index contributed by atoms with van der Waals surface area (Å²) in [7, 11) is 0. The highest BCUT2D eigenvalue weighted by Crippen LogP contribution is 2.16. The van der Waals surface area contributed by atoms with Gasteiger partial charge < -0.3 is 9.47 Å². The minimum Gasteiger partial charge on any atom is -0.462 e. The Morgan fingerprint density at radius 3 is 1.93 bits per heavy atom. The van der Waals surface area contributed by atoms with Crippen LogP contribution in [0.15, 0.2) is 66.7 Å². The molecular formula is C23H21ClO4. The van der Waals surface area contributed by atoms with Crippen molar-refractivity contribution in [2.75, 3.05) is 13.2 Å². The number of esters is 2. The second kappa shape index (κ2) is 9.90. The van der Waals surface area contributed by atoms with Crippen LogP contribution in [0.4, 0.5) is 0 Å². The van der Waals surface area contributed by atoms with Gasteiger partial charge in [0.15, 0.2) is 0 Å². The van der Waals surface area contributed by atoms with E-state index in [-0.39, 0.29) is 11.9 Å². The van der Waals surface area contributed by atoms with Crippen molar-refractivity contribution in [1.82, 2.24) is 0 Å².